The van der Waals surface area contributed by atoms with E-state index in [1.54, 1.807) is 13.2 Å². The smallest absolute Gasteiger partial charge is 0.136 e. The highest BCUT2D eigenvalue weighted by Gasteiger charge is 2.21. The molecule has 0 aromatic heterocycles. The number of methoxy groups -OCH3 is 1. The molecule has 2 rings (SSSR count). The third-order valence-corrected chi connectivity index (χ3v) is 5.20. The van der Waals surface area contributed by atoms with Crippen LogP contribution >= 0.6 is 0 Å². The lowest BCUT2D eigenvalue weighted by Gasteiger charge is -2.10. The third kappa shape index (κ3) is 2.91. The number of nitriles is 1. The molecule has 0 saturated heterocycles. The highest BCUT2D eigenvalue weighted by molar-refractivity contribution is 7.84. The summed E-state index contributed by atoms with van der Waals surface area (Å²) >= 11 is 0. The molecule has 1 aliphatic rings. The van der Waals surface area contributed by atoms with Gasteiger partial charge in [-0.2, -0.15) is 5.26 Å². The van der Waals surface area contributed by atoms with Crippen molar-refractivity contribution in [2.75, 3.05) is 7.11 Å². The monoisotopic (exact) mass is 263 g/mol. The number of ether oxygens (including phenoxy) is 1. The Kier molecular flexibility index (Phi) is 4.38. The first kappa shape index (κ1) is 13.1. The second-order valence-corrected chi connectivity index (χ2v) is 6.29. The van der Waals surface area contributed by atoms with E-state index in [0.717, 1.165) is 18.4 Å². The predicted molar refractivity (Wildman–Crippen MR) is 71.8 cm³/mol. The summed E-state index contributed by atoms with van der Waals surface area (Å²) in [4.78, 5) is 0. The van der Waals surface area contributed by atoms with Crippen molar-refractivity contribution in [3.8, 4) is 11.8 Å². The summed E-state index contributed by atoms with van der Waals surface area (Å²) in [5.41, 5.74) is 1.50. The molecule has 0 spiro atoms. The van der Waals surface area contributed by atoms with Crippen LogP contribution in [0.1, 0.15) is 36.8 Å². The van der Waals surface area contributed by atoms with E-state index in [1.807, 2.05) is 12.1 Å². The van der Waals surface area contributed by atoms with Crippen LogP contribution < -0.4 is 4.74 Å². The summed E-state index contributed by atoms with van der Waals surface area (Å²) in [5, 5.41) is 9.26. The highest BCUT2D eigenvalue weighted by Crippen LogP contribution is 2.26. The molecule has 0 radical (unpaired) electrons. The molecule has 1 aliphatic carbocycles. The van der Waals surface area contributed by atoms with Crippen LogP contribution in [0, 0.1) is 11.3 Å². The number of nitrogens with zero attached hydrogens (tertiary/aromatic N) is 1. The lowest BCUT2D eigenvalue weighted by atomic mass is 10.1. The Morgan fingerprint density at radius 2 is 2.17 bits per heavy atom. The van der Waals surface area contributed by atoms with Crippen LogP contribution in [0.2, 0.25) is 0 Å². The Labute approximate surface area is 110 Å². The fourth-order valence-electron chi connectivity index (χ4n) is 2.35. The number of hydrogen-bond donors (Lipinski definition) is 0. The second kappa shape index (κ2) is 6.01. The Hall–Kier alpha value is -1.34. The van der Waals surface area contributed by atoms with Crippen LogP contribution in [-0.4, -0.2) is 16.6 Å². The van der Waals surface area contributed by atoms with Crippen molar-refractivity contribution in [1.82, 2.24) is 0 Å². The molecular formula is C14H17NO2S. The van der Waals surface area contributed by atoms with Gasteiger partial charge < -0.3 is 4.74 Å². The SMILES string of the molecule is COc1cc(CS(=O)C2CCCC2)ccc1C#N. The van der Waals surface area contributed by atoms with Gasteiger partial charge in [0.2, 0.25) is 0 Å². The molecule has 1 saturated carbocycles. The molecule has 4 heteroatoms. The van der Waals surface area contributed by atoms with Crippen molar-refractivity contribution in [2.45, 2.75) is 36.7 Å². The Morgan fingerprint density at radius 1 is 1.44 bits per heavy atom. The average Bonchev–Trinajstić information content (AvgIpc) is 2.92. The van der Waals surface area contributed by atoms with Gasteiger partial charge in [-0.3, -0.25) is 4.21 Å². The van der Waals surface area contributed by atoms with Gasteiger partial charge in [-0.05, 0) is 30.5 Å². The van der Waals surface area contributed by atoms with E-state index in [4.69, 9.17) is 10.00 Å². The van der Waals surface area contributed by atoms with E-state index >= 15 is 0 Å². The van der Waals surface area contributed by atoms with E-state index < -0.39 is 10.8 Å². The standard InChI is InChI=1S/C14H17NO2S/c1-17-14-8-11(6-7-12(14)9-15)10-18(16)13-4-2-3-5-13/h6-8,13H,2-5,10H2,1H3. The predicted octanol–water partition coefficient (Wildman–Crippen LogP) is 2.76. The zero-order valence-corrected chi connectivity index (χ0v) is 11.3. The largest absolute Gasteiger partial charge is 0.495 e. The van der Waals surface area contributed by atoms with Crippen molar-refractivity contribution in [1.29, 1.82) is 5.26 Å². The molecule has 1 fully saturated rings. The zero-order valence-electron chi connectivity index (χ0n) is 10.5. The van der Waals surface area contributed by atoms with Crippen molar-refractivity contribution in [2.24, 2.45) is 0 Å². The van der Waals surface area contributed by atoms with Gasteiger partial charge in [-0.1, -0.05) is 18.9 Å². The number of benzene rings is 1. The summed E-state index contributed by atoms with van der Waals surface area (Å²) in [7, 11) is 0.746. The van der Waals surface area contributed by atoms with Gasteiger partial charge in [0.15, 0.2) is 0 Å². The topological polar surface area (TPSA) is 50.1 Å². The van der Waals surface area contributed by atoms with Crippen LogP contribution in [0.15, 0.2) is 18.2 Å². The minimum absolute atomic E-state index is 0.353. The molecule has 1 unspecified atom stereocenters. The third-order valence-electron chi connectivity index (χ3n) is 3.37. The average molecular weight is 263 g/mol. The Morgan fingerprint density at radius 3 is 2.78 bits per heavy atom. The minimum atomic E-state index is -0.804. The fraction of sp³-hybridized carbons (Fsp3) is 0.500. The second-order valence-electron chi connectivity index (χ2n) is 4.58. The maximum absolute atomic E-state index is 12.2. The lowest BCUT2D eigenvalue weighted by Crippen LogP contribution is -2.12. The lowest BCUT2D eigenvalue weighted by molar-refractivity contribution is 0.413. The number of hydrogen-bond acceptors (Lipinski definition) is 3. The molecule has 0 aliphatic heterocycles. The maximum Gasteiger partial charge on any atom is 0.136 e. The molecule has 1 aromatic carbocycles. The van der Waals surface area contributed by atoms with Crippen molar-refractivity contribution >= 4 is 10.8 Å². The minimum Gasteiger partial charge on any atom is -0.495 e. The van der Waals surface area contributed by atoms with Gasteiger partial charge in [0, 0.05) is 21.8 Å². The van der Waals surface area contributed by atoms with Gasteiger partial charge in [0.1, 0.15) is 11.8 Å². The molecule has 96 valence electrons. The molecule has 3 nitrogen and oxygen atoms in total. The van der Waals surface area contributed by atoms with E-state index in [1.165, 1.54) is 12.8 Å². The molecule has 0 N–H and O–H groups in total. The number of rotatable bonds is 4. The fourth-order valence-corrected chi connectivity index (χ4v) is 3.95. The Bertz CT molecular complexity index is 487. The molecule has 0 bridgehead atoms. The van der Waals surface area contributed by atoms with Crippen molar-refractivity contribution in [3.63, 3.8) is 0 Å². The van der Waals surface area contributed by atoms with E-state index in [0.29, 0.717) is 22.3 Å². The van der Waals surface area contributed by atoms with E-state index in [2.05, 4.69) is 6.07 Å². The Balaban J connectivity index is 2.09. The zero-order chi connectivity index (χ0) is 13.0. The quantitative estimate of drug-likeness (QED) is 0.839. The van der Waals surface area contributed by atoms with Crippen molar-refractivity contribution < 1.29 is 8.95 Å². The molecule has 18 heavy (non-hydrogen) atoms. The van der Waals surface area contributed by atoms with E-state index in [9.17, 15) is 4.21 Å². The van der Waals surface area contributed by atoms with Crippen LogP contribution in [-0.2, 0) is 16.6 Å². The van der Waals surface area contributed by atoms with Crippen molar-refractivity contribution in [3.05, 3.63) is 29.3 Å². The normalized spacial score (nSPS) is 17.3. The van der Waals surface area contributed by atoms with Crippen LogP contribution in [0.3, 0.4) is 0 Å². The first-order chi connectivity index (χ1) is 8.74. The molecule has 1 aromatic rings. The van der Waals surface area contributed by atoms with Crippen LogP contribution in [0.5, 0.6) is 5.75 Å². The van der Waals surface area contributed by atoms with E-state index in [-0.39, 0.29) is 0 Å². The van der Waals surface area contributed by atoms with Gasteiger partial charge in [0.05, 0.1) is 12.7 Å². The van der Waals surface area contributed by atoms with Gasteiger partial charge >= 0.3 is 0 Å². The van der Waals surface area contributed by atoms with Crippen LogP contribution in [0.4, 0.5) is 0 Å². The summed E-state index contributed by atoms with van der Waals surface area (Å²) in [6, 6.07) is 7.51. The summed E-state index contributed by atoms with van der Waals surface area (Å²) in [5.74, 6) is 1.13. The van der Waals surface area contributed by atoms with Gasteiger partial charge in [-0.25, -0.2) is 0 Å². The molecule has 1 atom stereocenters. The molecule has 0 amide bonds. The maximum atomic E-state index is 12.2. The summed E-state index contributed by atoms with van der Waals surface area (Å²) in [6.07, 6.45) is 4.57. The molecule has 0 heterocycles. The highest BCUT2D eigenvalue weighted by atomic mass is 32.2. The van der Waals surface area contributed by atoms with Gasteiger partial charge in [0.25, 0.3) is 0 Å². The first-order valence-corrected chi connectivity index (χ1v) is 7.57. The van der Waals surface area contributed by atoms with Crippen LogP contribution in [0.25, 0.3) is 0 Å². The molecular weight excluding hydrogens is 246 g/mol. The van der Waals surface area contributed by atoms with Gasteiger partial charge in [-0.15, -0.1) is 0 Å². The first-order valence-electron chi connectivity index (χ1n) is 6.19. The summed E-state index contributed by atoms with van der Waals surface area (Å²) < 4.78 is 17.3. The summed E-state index contributed by atoms with van der Waals surface area (Å²) in [6.45, 7) is 0.